The minimum Gasteiger partial charge on any atom is -0.432 e. The first-order valence-electron chi connectivity index (χ1n) is 15.3. The van der Waals surface area contributed by atoms with Crippen LogP contribution in [0.5, 0.6) is 0 Å². The number of benzene rings is 2. The second kappa shape index (κ2) is 11.3. The summed E-state index contributed by atoms with van der Waals surface area (Å²) in [7, 11) is -2.95. The molecule has 0 bridgehead atoms. The maximum absolute atomic E-state index is 14.7. The van der Waals surface area contributed by atoms with Crippen LogP contribution in [-0.4, -0.2) is 72.7 Å². The van der Waals surface area contributed by atoms with Gasteiger partial charge in [0.15, 0.2) is 13.9 Å². The Morgan fingerprint density at radius 2 is 1.93 bits per heavy atom. The number of hydrogen-bond donors (Lipinski definition) is 2. The van der Waals surface area contributed by atoms with Gasteiger partial charge in [0, 0.05) is 47.2 Å². The second-order valence-electron chi connectivity index (χ2n) is 13.0. The van der Waals surface area contributed by atoms with Crippen LogP contribution in [0.15, 0.2) is 42.5 Å². The van der Waals surface area contributed by atoms with Crippen molar-refractivity contribution in [3.8, 4) is 0 Å². The van der Waals surface area contributed by atoms with E-state index in [4.69, 9.17) is 16.3 Å². The monoisotopic (exact) mass is 625 g/mol. The van der Waals surface area contributed by atoms with Crippen LogP contribution in [0.2, 0.25) is 23.7 Å². The Labute approximate surface area is 258 Å². The van der Waals surface area contributed by atoms with E-state index in [9.17, 15) is 24.3 Å². The fraction of sp³-hybridized carbons (Fsp3) is 0.531. The number of carbonyl (C=O) groups is 3. The number of halogens is 1. The first kappa shape index (κ1) is 30.3. The predicted octanol–water partition coefficient (Wildman–Crippen LogP) is 4.18. The van der Waals surface area contributed by atoms with Gasteiger partial charge in [-0.3, -0.25) is 14.4 Å². The lowest BCUT2D eigenvalue weighted by Crippen LogP contribution is -2.46. The van der Waals surface area contributed by atoms with Crippen molar-refractivity contribution in [1.82, 2.24) is 4.90 Å². The smallest absolute Gasteiger partial charge is 0.264 e. The van der Waals surface area contributed by atoms with Crippen LogP contribution in [0.25, 0.3) is 0 Å². The summed E-state index contributed by atoms with van der Waals surface area (Å²) in [4.78, 5) is 57.3. The molecule has 11 heteroatoms. The summed E-state index contributed by atoms with van der Waals surface area (Å²) in [6, 6.07) is 12.9. The Morgan fingerprint density at radius 1 is 1.14 bits per heavy atom. The Bertz CT molecular complexity index is 1450. The highest BCUT2D eigenvalue weighted by atomic mass is 35.5. The number of rotatable bonds is 7. The molecule has 3 saturated heterocycles. The van der Waals surface area contributed by atoms with E-state index < -0.39 is 31.5 Å². The summed E-state index contributed by atoms with van der Waals surface area (Å²) >= 11 is 6.51. The van der Waals surface area contributed by atoms with Gasteiger partial charge in [0.05, 0.1) is 37.4 Å². The van der Waals surface area contributed by atoms with Crippen molar-refractivity contribution in [2.45, 2.75) is 82.0 Å². The van der Waals surface area contributed by atoms with Crippen molar-refractivity contribution in [1.29, 1.82) is 0 Å². The molecule has 230 valence electrons. The minimum atomic E-state index is -2.95. The Balaban J connectivity index is 1.35. The molecule has 9 nitrogen and oxygen atoms in total. The number of carbonyl (C=O) groups excluding carboxylic acids is 3. The number of fused-ring (bicyclic) bond motifs is 2. The van der Waals surface area contributed by atoms with E-state index in [1.807, 2.05) is 50.3 Å². The topological polar surface area (TPSA) is 111 Å². The number of hydrogen-bond acceptors (Lipinski definition) is 6. The zero-order chi connectivity index (χ0) is 30.7. The van der Waals surface area contributed by atoms with Crippen LogP contribution in [-0.2, 0) is 31.3 Å². The van der Waals surface area contributed by atoms with E-state index in [0.29, 0.717) is 35.8 Å². The molecule has 2 aromatic rings. The highest BCUT2D eigenvalue weighted by Crippen LogP contribution is 2.60. The van der Waals surface area contributed by atoms with Crippen molar-refractivity contribution >= 4 is 49.0 Å². The molecule has 0 unspecified atom stereocenters. The average Bonchev–Trinajstić information content (AvgIpc) is 3.72. The summed E-state index contributed by atoms with van der Waals surface area (Å²) in [6.07, 6.45) is 2.30. The molecule has 5 atom stereocenters. The number of ether oxygens (including phenoxy) is 1. The van der Waals surface area contributed by atoms with Gasteiger partial charge in [-0.05, 0) is 68.3 Å². The SMILES string of the molecule is C[C@H]1[C@H]([Si](C)(C)O)[C@@H](CC(=O)N2CCC[C@H]2CO)O[C@]12C(=O)N(Cc1cccc(N3CCCC3=O)c1)c1ccc(Cl)cc12. The summed E-state index contributed by atoms with van der Waals surface area (Å²) in [5, 5.41) is 10.3. The summed E-state index contributed by atoms with van der Waals surface area (Å²) in [5.74, 6) is -0.695. The minimum absolute atomic E-state index is 0.0271. The maximum Gasteiger partial charge on any atom is 0.264 e. The molecular formula is C32H40ClN3O6Si. The second-order valence-corrected chi connectivity index (χ2v) is 17.4. The number of likely N-dealkylation sites (tertiary alicyclic amines) is 1. The quantitative estimate of drug-likeness (QED) is 0.447. The van der Waals surface area contributed by atoms with E-state index in [1.54, 1.807) is 26.8 Å². The van der Waals surface area contributed by atoms with Gasteiger partial charge < -0.3 is 29.3 Å². The third-order valence-corrected chi connectivity index (χ3v) is 12.6. The van der Waals surface area contributed by atoms with E-state index in [-0.39, 0.29) is 43.3 Å². The predicted molar refractivity (Wildman–Crippen MR) is 166 cm³/mol. The molecule has 3 amide bonds. The largest absolute Gasteiger partial charge is 0.432 e. The number of aliphatic hydroxyl groups is 1. The molecule has 0 saturated carbocycles. The molecule has 4 aliphatic heterocycles. The number of nitrogens with zero attached hydrogens (tertiary/aromatic N) is 3. The molecule has 0 aromatic heterocycles. The maximum atomic E-state index is 14.7. The van der Waals surface area contributed by atoms with Crippen molar-refractivity contribution in [2.75, 3.05) is 29.5 Å². The first-order valence-corrected chi connectivity index (χ1v) is 18.7. The van der Waals surface area contributed by atoms with E-state index in [0.717, 1.165) is 30.5 Å². The fourth-order valence-corrected chi connectivity index (χ4v) is 10.7. The van der Waals surface area contributed by atoms with Crippen LogP contribution in [0.3, 0.4) is 0 Å². The Hall–Kier alpha value is -2.76. The summed E-state index contributed by atoms with van der Waals surface area (Å²) in [5.41, 5.74) is 1.22. The Kier molecular flexibility index (Phi) is 7.96. The van der Waals surface area contributed by atoms with Crippen LogP contribution in [0.4, 0.5) is 11.4 Å². The number of amides is 3. The van der Waals surface area contributed by atoms with Crippen LogP contribution in [0.1, 0.15) is 50.2 Å². The molecule has 0 radical (unpaired) electrons. The van der Waals surface area contributed by atoms with Gasteiger partial charge in [-0.2, -0.15) is 0 Å². The van der Waals surface area contributed by atoms with Crippen LogP contribution in [0, 0.1) is 5.92 Å². The normalized spacial score (nSPS) is 28.9. The molecule has 0 aliphatic carbocycles. The first-order chi connectivity index (χ1) is 20.5. The van der Waals surface area contributed by atoms with E-state index in [2.05, 4.69) is 0 Å². The lowest BCUT2D eigenvalue weighted by atomic mass is 9.82. The highest BCUT2D eigenvalue weighted by Gasteiger charge is 2.66. The van der Waals surface area contributed by atoms with Crippen molar-refractivity contribution in [3.05, 3.63) is 58.6 Å². The molecule has 1 spiro atoms. The van der Waals surface area contributed by atoms with Crippen molar-refractivity contribution < 1.29 is 29.0 Å². The van der Waals surface area contributed by atoms with Gasteiger partial charge in [0.1, 0.15) is 0 Å². The lowest BCUT2D eigenvalue weighted by Gasteiger charge is -2.33. The van der Waals surface area contributed by atoms with Gasteiger partial charge in [0.25, 0.3) is 5.91 Å². The van der Waals surface area contributed by atoms with Gasteiger partial charge in [-0.1, -0.05) is 30.7 Å². The summed E-state index contributed by atoms with van der Waals surface area (Å²) < 4.78 is 6.80. The van der Waals surface area contributed by atoms with Crippen molar-refractivity contribution in [3.63, 3.8) is 0 Å². The molecule has 4 heterocycles. The summed E-state index contributed by atoms with van der Waals surface area (Å²) in [6.45, 7) is 7.05. The van der Waals surface area contributed by atoms with Gasteiger partial charge in [-0.15, -0.1) is 0 Å². The zero-order valence-electron chi connectivity index (χ0n) is 25.0. The third kappa shape index (κ3) is 5.10. The van der Waals surface area contributed by atoms with Crippen LogP contribution < -0.4 is 9.80 Å². The molecule has 6 rings (SSSR count). The van der Waals surface area contributed by atoms with Gasteiger partial charge in [0.2, 0.25) is 11.8 Å². The molecular weight excluding hydrogens is 586 g/mol. The average molecular weight is 626 g/mol. The van der Waals surface area contributed by atoms with Crippen molar-refractivity contribution in [2.24, 2.45) is 5.92 Å². The van der Waals surface area contributed by atoms with E-state index in [1.165, 1.54) is 0 Å². The molecule has 2 N–H and O–H groups in total. The number of anilines is 2. The highest BCUT2D eigenvalue weighted by molar-refractivity contribution is 6.71. The van der Waals surface area contributed by atoms with Gasteiger partial charge >= 0.3 is 0 Å². The molecule has 2 aromatic carbocycles. The fourth-order valence-electron chi connectivity index (χ4n) is 7.98. The zero-order valence-corrected chi connectivity index (χ0v) is 26.7. The molecule has 43 heavy (non-hydrogen) atoms. The van der Waals surface area contributed by atoms with Crippen LogP contribution >= 0.6 is 11.6 Å². The molecule has 4 aliphatic rings. The third-order valence-electron chi connectivity index (χ3n) is 9.87. The number of aliphatic hydroxyl groups excluding tert-OH is 1. The lowest BCUT2D eigenvalue weighted by molar-refractivity contribution is -0.150. The molecule has 3 fully saturated rings. The van der Waals surface area contributed by atoms with Gasteiger partial charge in [-0.25, -0.2) is 0 Å². The standard InChI is InChI=1S/C32H40ClN3O6Si/c1-20-30(43(2,3)41)27(17-29(39)35-13-5-9-24(35)19-37)42-32(20)25-16-22(33)11-12-26(25)36(31(32)40)18-21-7-4-8-23(15-21)34-14-6-10-28(34)38/h4,7-8,11-12,15-16,20,24,27,30,37,41H,5-6,9-10,13-14,17-19H2,1-3H3/t20-,24-,27+,30-,32+/m0/s1. The van der Waals surface area contributed by atoms with E-state index >= 15 is 0 Å². The Morgan fingerprint density at radius 3 is 2.63 bits per heavy atom.